The van der Waals surface area contributed by atoms with Gasteiger partial charge in [-0.25, -0.2) is 4.98 Å². The third-order valence-corrected chi connectivity index (χ3v) is 4.70. The summed E-state index contributed by atoms with van der Waals surface area (Å²) in [5.41, 5.74) is 3.66. The fourth-order valence-corrected chi connectivity index (χ4v) is 3.33. The summed E-state index contributed by atoms with van der Waals surface area (Å²) in [5.74, 6) is 0. The van der Waals surface area contributed by atoms with E-state index in [1.165, 1.54) is 4.88 Å². The van der Waals surface area contributed by atoms with Crippen molar-refractivity contribution >= 4 is 22.7 Å². The van der Waals surface area contributed by atoms with Crippen molar-refractivity contribution in [2.75, 3.05) is 5.32 Å². The van der Waals surface area contributed by atoms with Gasteiger partial charge in [0.2, 0.25) is 0 Å². The summed E-state index contributed by atoms with van der Waals surface area (Å²) in [4.78, 5) is 16.3. The van der Waals surface area contributed by atoms with Gasteiger partial charge >= 0.3 is 0 Å². The second-order valence-corrected chi connectivity index (χ2v) is 6.49. The number of hydrogen-bond donors (Lipinski definition) is 1. The number of benzene rings is 1. The summed E-state index contributed by atoms with van der Waals surface area (Å²) < 4.78 is 0. The van der Waals surface area contributed by atoms with Crippen molar-refractivity contribution in [3.05, 3.63) is 49.0 Å². The van der Waals surface area contributed by atoms with Crippen LogP contribution in [0.2, 0.25) is 0 Å². The van der Waals surface area contributed by atoms with Crippen molar-refractivity contribution in [2.24, 2.45) is 0 Å². The molecule has 0 radical (unpaired) electrons. The van der Waals surface area contributed by atoms with Gasteiger partial charge in [-0.15, -0.1) is 11.3 Å². The number of anilines is 1. The van der Waals surface area contributed by atoms with Crippen LogP contribution >= 0.6 is 11.3 Å². The fourth-order valence-electron chi connectivity index (χ4n) is 2.40. The van der Waals surface area contributed by atoms with Crippen molar-refractivity contribution in [2.45, 2.75) is 40.7 Å². The lowest BCUT2D eigenvalue weighted by atomic mass is 10.1. The van der Waals surface area contributed by atoms with Gasteiger partial charge in [0.25, 0.3) is 5.69 Å². The van der Waals surface area contributed by atoms with E-state index in [0.29, 0.717) is 5.56 Å². The molecule has 112 valence electrons. The van der Waals surface area contributed by atoms with Gasteiger partial charge in [0.15, 0.2) is 0 Å². The number of aryl methyl sites for hydroxylation is 4. The summed E-state index contributed by atoms with van der Waals surface area (Å²) >= 11 is 1.68. The molecule has 2 aromatic rings. The maximum Gasteiger partial charge on any atom is 0.272 e. The Bertz CT molecular complexity index is 694. The average Bonchev–Trinajstić information content (AvgIpc) is 2.72. The topological polar surface area (TPSA) is 68.1 Å². The lowest BCUT2D eigenvalue weighted by molar-refractivity contribution is -0.385. The minimum absolute atomic E-state index is 0.121. The number of aromatic nitrogens is 1. The van der Waals surface area contributed by atoms with Crippen molar-refractivity contribution in [1.82, 2.24) is 4.98 Å². The zero-order chi connectivity index (χ0) is 15.7. The van der Waals surface area contributed by atoms with Gasteiger partial charge in [-0.2, -0.15) is 0 Å². The van der Waals surface area contributed by atoms with Crippen molar-refractivity contribution < 1.29 is 4.92 Å². The molecule has 1 unspecified atom stereocenters. The zero-order valence-corrected chi connectivity index (χ0v) is 13.7. The van der Waals surface area contributed by atoms with E-state index in [-0.39, 0.29) is 16.7 Å². The first-order valence-electron chi connectivity index (χ1n) is 6.75. The number of nitro groups is 1. The third-order valence-electron chi connectivity index (χ3n) is 3.44. The van der Waals surface area contributed by atoms with E-state index in [1.807, 2.05) is 26.8 Å². The molecule has 1 N–H and O–H groups in total. The molecule has 0 saturated carbocycles. The predicted octanol–water partition coefficient (Wildman–Crippen LogP) is 4.46. The Morgan fingerprint density at radius 1 is 1.24 bits per heavy atom. The molecule has 0 bridgehead atoms. The predicted molar refractivity (Wildman–Crippen MR) is 86.2 cm³/mol. The van der Waals surface area contributed by atoms with Crippen LogP contribution in [0, 0.1) is 37.8 Å². The maximum atomic E-state index is 11.0. The van der Waals surface area contributed by atoms with Crippen LogP contribution in [0.3, 0.4) is 0 Å². The van der Waals surface area contributed by atoms with Gasteiger partial charge in [-0.1, -0.05) is 0 Å². The van der Waals surface area contributed by atoms with Gasteiger partial charge in [-0.05, 0) is 46.2 Å². The summed E-state index contributed by atoms with van der Waals surface area (Å²) in [7, 11) is 0. The normalized spacial score (nSPS) is 12.2. The van der Waals surface area contributed by atoms with Crippen LogP contribution in [0.5, 0.6) is 0 Å². The first-order valence-corrected chi connectivity index (χ1v) is 7.57. The SMILES string of the molecule is Cc1nc(C)c(C(C)Nc2cc(C)c([N+](=O)[O-])cc2C)s1. The summed E-state index contributed by atoms with van der Waals surface area (Å²) in [6, 6.07) is 3.58. The van der Waals surface area contributed by atoms with Crippen molar-refractivity contribution in [3.8, 4) is 0 Å². The molecular formula is C15H19N3O2S. The van der Waals surface area contributed by atoms with Crippen LogP contribution in [-0.2, 0) is 0 Å². The lowest BCUT2D eigenvalue weighted by Crippen LogP contribution is -2.08. The molecule has 1 atom stereocenters. The molecule has 0 spiro atoms. The van der Waals surface area contributed by atoms with E-state index < -0.39 is 0 Å². The number of nitro benzene ring substituents is 1. The minimum atomic E-state index is -0.341. The number of rotatable bonds is 4. The Morgan fingerprint density at radius 3 is 2.43 bits per heavy atom. The standard InChI is InChI=1S/C15H19N3O2S/c1-8-7-14(18(19)20)9(2)6-13(8)17-11(4)15-10(3)16-12(5)21-15/h6-7,11,17H,1-5H3. The molecule has 1 aromatic heterocycles. The molecule has 0 saturated heterocycles. The van der Waals surface area contributed by atoms with E-state index in [2.05, 4.69) is 17.2 Å². The van der Waals surface area contributed by atoms with Gasteiger partial charge in [0.1, 0.15) is 0 Å². The fraction of sp³-hybridized carbons (Fsp3) is 0.400. The average molecular weight is 305 g/mol. The molecule has 6 heteroatoms. The Kier molecular flexibility index (Phi) is 4.27. The van der Waals surface area contributed by atoms with E-state index in [0.717, 1.165) is 22.0 Å². The number of hydrogen-bond acceptors (Lipinski definition) is 5. The number of thiazole rings is 1. The molecule has 0 aliphatic heterocycles. The van der Waals surface area contributed by atoms with Crippen LogP contribution < -0.4 is 5.32 Å². The number of nitrogens with zero attached hydrogens (tertiary/aromatic N) is 2. The van der Waals surface area contributed by atoms with Gasteiger partial charge in [0, 0.05) is 22.2 Å². The molecule has 0 fully saturated rings. The van der Waals surface area contributed by atoms with E-state index in [4.69, 9.17) is 0 Å². The first-order chi connectivity index (χ1) is 9.79. The quantitative estimate of drug-likeness (QED) is 0.669. The molecule has 1 aromatic carbocycles. The largest absolute Gasteiger partial charge is 0.377 e. The van der Waals surface area contributed by atoms with Crippen molar-refractivity contribution in [3.63, 3.8) is 0 Å². The minimum Gasteiger partial charge on any atom is -0.377 e. The zero-order valence-electron chi connectivity index (χ0n) is 12.9. The Balaban J connectivity index is 2.29. The highest BCUT2D eigenvalue weighted by Crippen LogP contribution is 2.31. The monoisotopic (exact) mass is 305 g/mol. The molecule has 5 nitrogen and oxygen atoms in total. The molecule has 2 rings (SSSR count). The van der Waals surface area contributed by atoms with E-state index in [1.54, 1.807) is 24.3 Å². The second kappa shape index (κ2) is 5.81. The van der Waals surface area contributed by atoms with Crippen LogP contribution in [0.25, 0.3) is 0 Å². The summed E-state index contributed by atoms with van der Waals surface area (Å²) in [6.07, 6.45) is 0. The van der Waals surface area contributed by atoms with Crippen LogP contribution in [-0.4, -0.2) is 9.91 Å². The lowest BCUT2D eigenvalue weighted by Gasteiger charge is -2.17. The second-order valence-electron chi connectivity index (χ2n) is 5.26. The van der Waals surface area contributed by atoms with Crippen LogP contribution in [0.4, 0.5) is 11.4 Å². The van der Waals surface area contributed by atoms with Crippen molar-refractivity contribution in [1.29, 1.82) is 0 Å². The Hall–Kier alpha value is -1.95. The molecular weight excluding hydrogens is 286 g/mol. The maximum absolute atomic E-state index is 11.0. The molecule has 1 heterocycles. The van der Waals surface area contributed by atoms with Crippen LogP contribution in [0.1, 0.15) is 39.7 Å². The summed E-state index contributed by atoms with van der Waals surface area (Å²) in [6.45, 7) is 9.72. The summed E-state index contributed by atoms with van der Waals surface area (Å²) in [5, 5.41) is 15.4. The molecule has 21 heavy (non-hydrogen) atoms. The smallest absolute Gasteiger partial charge is 0.272 e. The highest BCUT2D eigenvalue weighted by Gasteiger charge is 2.17. The van der Waals surface area contributed by atoms with Gasteiger partial charge in [0.05, 0.1) is 21.7 Å². The van der Waals surface area contributed by atoms with Crippen LogP contribution in [0.15, 0.2) is 12.1 Å². The number of nitrogens with one attached hydrogen (secondary N) is 1. The highest BCUT2D eigenvalue weighted by atomic mass is 32.1. The van der Waals surface area contributed by atoms with Gasteiger partial charge < -0.3 is 5.32 Å². The highest BCUT2D eigenvalue weighted by molar-refractivity contribution is 7.11. The Labute approximate surface area is 128 Å². The molecule has 0 amide bonds. The Morgan fingerprint density at radius 2 is 1.90 bits per heavy atom. The molecule has 0 aliphatic rings. The van der Waals surface area contributed by atoms with E-state index in [9.17, 15) is 10.1 Å². The first kappa shape index (κ1) is 15.4. The third kappa shape index (κ3) is 3.21. The van der Waals surface area contributed by atoms with E-state index >= 15 is 0 Å². The van der Waals surface area contributed by atoms with Gasteiger partial charge in [-0.3, -0.25) is 10.1 Å². The molecule has 0 aliphatic carbocycles.